The topological polar surface area (TPSA) is 80.4 Å². The Kier molecular flexibility index (Phi) is 1.74. The number of aryl methyl sites for hydroxylation is 1. The second-order valence-corrected chi connectivity index (χ2v) is 4.02. The number of hydrogen-bond acceptors (Lipinski definition) is 4. The minimum atomic E-state index is -0.990. The van der Waals surface area contributed by atoms with Crippen LogP contribution in [0.3, 0.4) is 0 Å². The SMILES string of the molecule is Cc1c(C(=O)O)cnc2nc(C3CC3)nn12. The van der Waals surface area contributed by atoms with Gasteiger partial charge >= 0.3 is 5.97 Å². The Balaban J connectivity index is 2.22. The van der Waals surface area contributed by atoms with Gasteiger partial charge in [0.2, 0.25) is 0 Å². The number of carbonyl (C=O) groups is 1. The van der Waals surface area contributed by atoms with E-state index in [4.69, 9.17) is 5.11 Å². The Morgan fingerprint density at radius 2 is 2.31 bits per heavy atom. The molecule has 1 aliphatic rings. The van der Waals surface area contributed by atoms with Crippen LogP contribution < -0.4 is 0 Å². The van der Waals surface area contributed by atoms with Crippen LogP contribution in [0.15, 0.2) is 6.20 Å². The summed E-state index contributed by atoms with van der Waals surface area (Å²) in [7, 11) is 0. The fourth-order valence-electron chi connectivity index (χ4n) is 1.68. The molecule has 2 aromatic rings. The van der Waals surface area contributed by atoms with Gasteiger partial charge in [0.15, 0.2) is 5.82 Å². The van der Waals surface area contributed by atoms with E-state index in [1.54, 1.807) is 6.92 Å². The number of carboxylic acid groups (broad SMARTS) is 1. The van der Waals surface area contributed by atoms with Gasteiger partial charge in [-0.3, -0.25) is 0 Å². The van der Waals surface area contributed by atoms with Crippen molar-refractivity contribution in [3.8, 4) is 0 Å². The van der Waals surface area contributed by atoms with Crippen LogP contribution in [0.5, 0.6) is 0 Å². The first kappa shape index (κ1) is 9.26. The van der Waals surface area contributed by atoms with E-state index in [2.05, 4.69) is 15.1 Å². The van der Waals surface area contributed by atoms with Gasteiger partial charge in [0.05, 0.1) is 11.3 Å². The van der Waals surface area contributed by atoms with Gasteiger partial charge < -0.3 is 5.11 Å². The summed E-state index contributed by atoms with van der Waals surface area (Å²) in [6.45, 7) is 1.71. The van der Waals surface area contributed by atoms with E-state index in [0.29, 0.717) is 17.4 Å². The van der Waals surface area contributed by atoms with Crippen molar-refractivity contribution in [1.82, 2.24) is 19.6 Å². The van der Waals surface area contributed by atoms with E-state index in [0.717, 1.165) is 18.7 Å². The Bertz CT molecular complexity index is 586. The Morgan fingerprint density at radius 3 is 2.94 bits per heavy atom. The fourth-order valence-corrected chi connectivity index (χ4v) is 1.68. The van der Waals surface area contributed by atoms with Crippen LogP contribution in [-0.2, 0) is 0 Å². The summed E-state index contributed by atoms with van der Waals surface area (Å²) >= 11 is 0. The minimum Gasteiger partial charge on any atom is -0.478 e. The number of fused-ring (bicyclic) bond motifs is 1. The molecule has 0 aromatic carbocycles. The molecule has 16 heavy (non-hydrogen) atoms. The van der Waals surface area contributed by atoms with Crippen molar-refractivity contribution < 1.29 is 9.90 Å². The molecule has 0 saturated heterocycles. The zero-order valence-electron chi connectivity index (χ0n) is 8.71. The lowest BCUT2D eigenvalue weighted by atomic mass is 10.2. The lowest BCUT2D eigenvalue weighted by Gasteiger charge is -2.00. The smallest absolute Gasteiger partial charge is 0.339 e. The average Bonchev–Trinajstić information content (AvgIpc) is 2.99. The molecule has 0 atom stereocenters. The third kappa shape index (κ3) is 1.26. The lowest BCUT2D eigenvalue weighted by molar-refractivity contribution is 0.0695. The first-order valence-corrected chi connectivity index (χ1v) is 5.12. The van der Waals surface area contributed by atoms with Gasteiger partial charge in [-0.15, -0.1) is 5.10 Å². The van der Waals surface area contributed by atoms with Crippen molar-refractivity contribution >= 4 is 11.7 Å². The molecule has 0 spiro atoms. The molecule has 3 rings (SSSR count). The Labute approximate surface area is 91.0 Å². The standard InChI is InChI=1S/C10H10N4O2/c1-5-7(9(15)16)4-11-10-12-8(6-2-3-6)13-14(5)10/h4,6H,2-3H2,1H3,(H,15,16). The molecule has 2 heterocycles. The first-order chi connectivity index (χ1) is 7.66. The van der Waals surface area contributed by atoms with Crippen molar-refractivity contribution in [1.29, 1.82) is 0 Å². The van der Waals surface area contributed by atoms with Crippen LogP contribution in [-0.4, -0.2) is 30.7 Å². The molecule has 1 saturated carbocycles. The van der Waals surface area contributed by atoms with Crippen LogP contribution in [0.4, 0.5) is 0 Å². The molecule has 6 heteroatoms. The van der Waals surface area contributed by atoms with Gasteiger partial charge in [0, 0.05) is 12.1 Å². The van der Waals surface area contributed by atoms with E-state index in [1.165, 1.54) is 10.7 Å². The normalized spacial score (nSPS) is 15.6. The number of rotatable bonds is 2. The molecular formula is C10H10N4O2. The fraction of sp³-hybridized carbons (Fsp3) is 0.400. The lowest BCUT2D eigenvalue weighted by Crippen LogP contribution is -2.07. The summed E-state index contributed by atoms with van der Waals surface area (Å²) in [4.78, 5) is 19.2. The molecule has 1 aliphatic carbocycles. The van der Waals surface area contributed by atoms with Crippen molar-refractivity contribution in [3.05, 3.63) is 23.3 Å². The summed E-state index contributed by atoms with van der Waals surface area (Å²) in [6.07, 6.45) is 3.56. The van der Waals surface area contributed by atoms with Gasteiger partial charge in [-0.1, -0.05) is 0 Å². The average molecular weight is 218 g/mol. The highest BCUT2D eigenvalue weighted by atomic mass is 16.4. The van der Waals surface area contributed by atoms with E-state index < -0.39 is 5.97 Å². The summed E-state index contributed by atoms with van der Waals surface area (Å²) in [5, 5.41) is 13.2. The molecule has 0 amide bonds. The van der Waals surface area contributed by atoms with Gasteiger partial charge in [-0.05, 0) is 19.8 Å². The zero-order valence-corrected chi connectivity index (χ0v) is 8.71. The van der Waals surface area contributed by atoms with Crippen LogP contribution >= 0.6 is 0 Å². The second-order valence-electron chi connectivity index (χ2n) is 4.02. The number of aromatic nitrogens is 4. The third-order valence-corrected chi connectivity index (χ3v) is 2.80. The number of carboxylic acids is 1. The maximum Gasteiger partial charge on any atom is 0.339 e. The molecule has 0 aliphatic heterocycles. The largest absolute Gasteiger partial charge is 0.478 e. The monoisotopic (exact) mass is 218 g/mol. The molecule has 1 fully saturated rings. The minimum absolute atomic E-state index is 0.166. The number of nitrogens with zero attached hydrogens (tertiary/aromatic N) is 4. The predicted octanol–water partition coefficient (Wildman–Crippen LogP) is 1.01. The van der Waals surface area contributed by atoms with Crippen molar-refractivity contribution in [2.45, 2.75) is 25.7 Å². The Hall–Kier alpha value is -1.98. The molecule has 0 unspecified atom stereocenters. The summed E-state index contributed by atoms with van der Waals surface area (Å²) < 4.78 is 1.51. The highest BCUT2D eigenvalue weighted by Crippen LogP contribution is 2.38. The summed E-state index contributed by atoms with van der Waals surface area (Å²) in [5.74, 6) is 0.701. The zero-order chi connectivity index (χ0) is 11.3. The summed E-state index contributed by atoms with van der Waals surface area (Å²) in [6, 6.07) is 0. The molecule has 82 valence electrons. The van der Waals surface area contributed by atoms with Crippen molar-refractivity contribution in [2.75, 3.05) is 0 Å². The van der Waals surface area contributed by atoms with E-state index in [-0.39, 0.29) is 5.56 Å². The first-order valence-electron chi connectivity index (χ1n) is 5.12. The molecule has 1 N–H and O–H groups in total. The highest BCUT2D eigenvalue weighted by molar-refractivity contribution is 5.88. The molecule has 2 aromatic heterocycles. The van der Waals surface area contributed by atoms with Crippen LogP contribution in [0.2, 0.25) is 0 Å². The van der Waals surface area contributed by atoms with Crippen LogP contribution in [0.1, 0.15) is 40.6 Å². The Morgan fingerprint density at radius 1 is 1.56 bits per heavy atom. The molecule has 6 nitrogen and oxygen atoms in total. The van der Waals surface area contributed by atoms with Crippen molar-refractivity contribution in [2.24, 2.45) is 0 Å². The molecular weight excluding hydrogens is 208 g/mol. The molecule has 0 bridgehead atoms. The maximum absolute atomic E-state index is 10.9. The van der Waals surface area contributed by atoms with E-state index >= 15 is 0 Å². The third-order valence-electron chi connectivity index (χ3n) is 2.80. The maximum atomic E-state index is 10.9. The predicted molar refractivity (Wildman–Crippen MR) is 54.5 cm³/mol. The summed E-state index contributed by atoms with van der Waals surface area (Å²) in [5.41, 5.74) is 0.733. The highest BCUT2D eigenvalue weighted by Gasteiger charge is 2.28. The van der Waals surface area contributed by atoms with Gasteiger partial charge in [-0.2, -0.15) is 4.98 Å². The van der Waals surface area contributed by atoms with Gasteiger partial charge in [0.1, 0.15) is 0 Å². The number of hydrogen-bond donors (Lipinski definition) is 1. The number of aromatic carboxylic acids is 1. The van der Waals surface area contributed by atoms with Crippen LogP contribution in [0.25, 0.3) is 5.78 Å². The quantitative estimate of drug-likeness (QED) is 0.813. The van der Waals surface area contributed by atoms with Gasteiger partial charge in [0.25, 0.3) is 5.78 Å². The van der Waals surface area contributed by atoms with E-state index in [1.807, 2.05) is 0 Å². The van der Waals surface area contributed by atoms with Crippen molar-refractivity contribution in [3.63, 3.8) is 0 Å². The second kappa shape index (κ2) is 3.01. The van der Waals surface area contributed by atoms with Crippen LogP contribution in [0, 0.1) is 6.92 Å². The van der Waals surface area contributed by atoms with E-state index in [9.17, 15) is 4.79 Å². The molecule has 0 radical (unpaired) electrons. The van der Waals surface area contributed by atoms with Gasteiger partial charge in [-0.25, -0.2) is 14.3 Å².